The van der Waals surface area contributed by atoms with Crippen LogP contribution in [0.5, 0.6) is 0 Å². The van der Waals surface area contributed by atoms with Gasteiger partial charge in [-0.05, 0) is 6.42 Å². The molecule has 0 amide bonds. The van der Waals surface area contributed by atoms with E-state index in [1.165, 1.54) is 11.1 Å². The van der Waals surface area contributed by atoms with Crippen molar-refractivity contribution in [2.75, 3.05) is 0 Å². The number of hydrogen-bond acceptors (Lipinski definition) is 0. The van der Waals surface area contributed by atoms with Crippen molar-refractivity contribution < 1.29 is 0 Å². The molecule has 2 rings (SSSR count). The molecule has 0 nitrogen and oxygen atoms in total. The predicted octanol–water partition coefficient (Wildman–Crippen LogP) is 2.46. The van der Waals surface area contributed by atoms with Crippen LogP contribution < -0.4 is 0 Å². The second kappa shape index (κ2) is 1.86. The lowest BCUT2D eigenvalue weighted by atomic mass is 10.1. The van der Waals surface area contributed by atoms with Crippen LogP contribution in [0.2, 0.25) is 0 Å². The fourth-order valence-electron chi connectivity index (χ4n) is 1.30. The van der Waals surface area contributed by atoms with Gasteiger partial charge >= 0.3 is 0 Å². The highest BCUT2D eigenvalue weighted by atomic mass is 14.2. The van der Waals surface area contributed by atoms with E-state index in [2.05, 4.69) is 18.6 Å². The molecule has 10 heavy (non-hydrogen) atoms. The lowest BCUT2D eigenvalue weighted by Crippen LogP contribution is -1.75. The first-order valence-corrected chi connectivity index (χ1v) is 3.42. The fourth-order valence-corrected chi connectivity index (χ4v) is 1.30. The van der Waals surface area contributed by atoms with E-state index in [0.29, 0.717) is 0 Å². The van der Waals surface area contributed by atoms with Gasteiger partial charge in [0.05, 0.1) is 0 Å². The van der Waals surface area contributed by atoms with E-state index in [0.717, 1.165) is 12.0 Å². The van der Waals surface area contributed by atoms with Crippen molar-refractivity contribution in [2.24, 2.45) is 0 Å². The first-order valence-electron chi connectivity index (χ1n) is 3.42. The summed E-state index contributed by atoms with van der Waals surface area (Å²) in [4.78, 5) is 0. The van der Waals surface area contributed by atoms with E-state index < -0.39 is 0 Å². The summed E-state index contributed by atoms with van der Waals surface area (Å²) in [5, 5.41) is 0. The van der Waals surface area contributed by atoms with E-state index in [-0.39, 0.29) is 0 Å². The van der Waals surface area contributed by atoms with Gasteiger partial charge < -0.3 is 0 Å². The van der Waals surface area contributed by atoms with Crippen molar-refractivity contribution in [3.63, 3.8) is 0 Å². The van der Waals surface area contributed by atoms with Gasteiger partial charge in [0.25, 0.3) is 0 Å². The van der Waals surface area contributed by atoms with Gasteiger partial charge in [0, 0.05) is 12.2 Å². The molecular weight excluding hydrogens is 120 g/mol. The summed E-state index contributed by atoms with van der Waals surface area (Å²) < 4.78 is 0. The maximum Gasteiger partial charge on any atom is 0.0316 e. The van der Waals surface area contributed by atoms with Crippen molar-refractivity contribution >= 4 is 5.57 Å². The van der Waals surface area contributed by atoms with Gasteiger partial charge in [-0.2, -0.15) is 18.1 Å². The molecule has 0 heteroatoms. The lowest BCUT2D eigenvalue weighted by Gasteiger charge is -2.02. The topological polar surface area (TPSA) is 0 Å². The molecule has 0 saturated heterocycles. The second-order valence-corrected chi connectivity index (χ2v) is 2.52. The molecule has 0 aliphatic heterocycles. The predicted molar refractivity (Wildman–Crippen MR) is 42.2 cm³/mol. The van der Waals surface area contributed by atoms with Crippen LogP contribution in [-0.2, 0) is 0 Å². The Hall–Kier alpha value is -1.26. The van der Waals surface area contributed by atoms with Gasteiger partial charge in [-0.1, -0.05) is 11.6 Å². The number of benzene rings is 1. The maximum atomic E-state index is 5.73. The molecule has 48 valence electrons. The molecule has 0 spiro atoms. The monoisotopic (exact) mass is 128 g/mol. The minimum Gasteiger partial charge on any atom is -0.182 e. The molecular formula is C10H8. The van der Waals surface area contributed by atoms with Crippen molar-refractivity contribution in [2.45, 2.75) is 6.42 Å². The summed E-state index contributed by atoms with van der Waals surface area (Å²) in [6.07, 6.45) is 3.07. The number of hydrogen-bond donors (Lipinski definition) is 0. The molecule has 1 aliphatic carbocycles. The molecule has 0 saturated carbocycles. The molecule has 0 fully saturated rings. The molecule has 0 atom stereocenters. The second-order valence-electron chi connectivity index (χ2n) is 2.52. The largest absolute Gasteiger partial charge is 0.182 e. The first kappa shape index (κ1) is 5.52. The molecule has 0 aromatic heterocycles. The van der Waals surface area contributed by atoms with Gasteiger partial charge in [-0.25, -0.2) is 0 Å². The Balaban J connectivity index is 2.61. The van der Waals surface area contributed by atoms with Gasteiger partial charge in [0.15, 0.2) is 0 Å². The van der Waals surface area contributed by atoms with Crippen molar-refractivity contribution in [1.29, 1.82) is 0 Å². The van der Waals surface area contributed by atoms with Crippen LogP contribution in [0.25, 0.3) is 5.57 Å². The summed E-state index contributed by atoms with van der Waals surface area (Å²) in [6.45, 7) is 5.73. The standard InChI is InChI=1S/C10H8/c1-8-6-7-9-4-2-3-5-10(8)9/h1-5,7H,6H2. The average molecular weight is 128 g/mol. The summed E-state index contributed by atoms with van der Waals surface area (Å²) in [5.74, 6) is 0. The van der Waals surface area contributed by atoms with Crippen molar-refractivity contribution in [3.05, 3.63) is 48.4 Å². The Morgan fingerprint density at radius 2 is 2.10 bits per heavy atom. The third-order valence-corrected chi connectivity index (χ3v) is 1.85. The van der Waals surface area contributed by atoms with Gasteiger partial charge in [0.1, 0.15) is 0 Å². The van der Waals surface area contributed by atoms with E-state index in [1.54, 1.807) is 0 Å². The maximum absolute atomic E-state index is 5.73. The zero-order valence-corrected chi connectivity index (χ0v) is 5.67. The number of rotatable bonds is 0. The highest BCUT2D eigenvalue weighted by molar-refractivity contribution is 5.72. The van der Waals surface area contributed by atoms with Gasteiger partial charge in [-0.15, -0.1) is 12.1 Å². The van der Waals surface area contributed by atoms with Crippen LogP contribution >= 0.6 is 0 Å². The quantitative estimate of drug-likeness (QED) is 0.471. The normalized spacial score (nSPS) is 14.5. The Morgan fingerprint density at radius 3 is 2.90 bits per heavy atom. The third kappa shape index (κ3) is 0.632. The highest BCUT2D eigenvalue weighted by Crippen LogP contribution is 2.31. The summed E-state index contributed by atoms with van der Waals surface area (Å²) >= 11 is 0. The minimum absolute atomic E-state index is 0.916. The number of fused-ring (bicyclic) bond motifs is 1. The molecule has 0 heterocycles. The molecule has 0 N–H and O–H groups in total. The smallest absolute Gasteiger partial charge is 0.0316 e. The lowest BCUT2D eigenvalue weighted by molar-refractivity contribution is 1.36. The van der Waals surface area contributed by atoms with E-state index in [4.69, 9.17) is 6.58 Å². The molecule has 0 unspecified atom stereocenters. The average Bonchev–Trinajstić information content (AvgIpc) is 2.34. The summed E-state index contributed by atoms with van der Waals surface area (Å²) in [7, 11) is 0. The third-order valence-electron chi connectivity index (χ3n) is 1.85. The van der Waals surface area contributed by atoms with Crippen LogP contribution in [0.4, 0.5) is 0 Å². The Morgan fingerprint density at radius 1 is 1.30 bits per heavy atom. The summed E-state index contributed by atoms with van der Waals surface area (Å²) in [6, 6.07) is 8.21. The van der Waals surface area contributed by atoms with Gasteiger partial charge in [-0.3, -0.25) is 0 Å². The molecule has 1 aromatic rings. The van der Waals surface area contributed by atoms with Crippen LogP contribution in [-0.4, -0.2) is 0 Å². The zero-order chi connectivity index (χ0) is 6.97. The number of allylic oxidation sites excluding steroid dienone is 1. The molecule has 0 bridgehead atoms. The van der Waals surface area contributed by atoms with Gasteiger partial charge in [0.2, 0.25) is 0 Å². The molecule has 1 aromatic carbocycles. The van der Waals surface area contributed by atoms with E-state index >= 15 is 0 Å². The van der Waals surface area contributed by atoms with Crippen molar-refractivity contribution in [1.82, 2.24) is 0 Å². The summed E-state index contributed by atoms with van der Waals surface area (Å²) in [5.41, 5.74) is 3.48. The first-order chi connectivity index (χ1) is 4.88. The fraction of sp³-hybridized carbons (Fsp3) is 0.100. The van der Waals surface area contributed by atoms with E-state index in [9.17, 15) is 0 Å². The van der Waals surface area contributed by atoms with Crippen LogP contribution in [0.1, 0.15) is 17.5 Å². The zero-order valence-electron chi connectivity index (χ0n) is 5.67. The SMILES string of the molecule is [CH+]=C1C[CH-]c2ccccc21. The Bertz CT molecular complexity index is 271. The van der Waals surface area contributed by atoms with Crippen LogP contribution in [0, 0.1) is 13.0 Å². The minimum atomic E-state index is 0.916. The van der Waals surface area contributed by atoms with Crippen LogP contribution in [0.3, 0.4) is 0 Å². The van der Waals surface area contributed by atoms with E-state index in [1.807, 2.05) is 12.1 Å². The van der Waals surface area contributed by atoms with Crippen LogP contribution in [0.15, 0.2) is 24.3 Å². The Kier molecular flexibility index (Phi) is 1.03. The molecule has 0 radical (unpaired) electrons. The Labute approximate surface area is 61.2 Å². The molecule has 1 aliphatic rings. The van der Waals surface area contributed by atoms with Crippen molar-refractivity contribution in [3.8, 4) is 0 Å². The highest BCUT2D eigenvalue weighted by Gasteiger charge is 2.06.